The summed E-state index contributed by atoms with van der Waals surface area (Å²) in [6, 6.07) is 18.5. The number of amides is 1. The molecule has 0 bridgehead atoms. The van der Waals surface area contributed by atoms with Crippen molar-refractivity contribution in [1.82, 2.24) is 14.9 Å². The number of unbranched alkanes of at least 4 members (excludes halogenated alkanes) is 15. The number of hydrogen-bond acceptors (Lipinski definition) is 2. The van der Waals surface area contributed by atoms with E-state index < -0.39 is 0 Å². The number of carbonyl (C=O) groups is 1. The molecule has 2 aromatic carbocycles. The first kappa shape index (κ1) is 32.6. The fourth-order valence-electron chi connectivity index (χ4n) is 5.62. The van der Waals surface area contributed by atoms with Crippen molar-refractivity contribution in [2.24, 2.45) is 0 Å². The smallest absolute Gasteiger partial charge is 0.243 e. The van der Waals surface area contributed by atoms with Crippen LogP contribution in [0.4, 0.5) is 0 Å². The number of rotatable bonds is 23. The van der Waals surface area contributed by atoms with Gasteiger partial charge in [0.05, 0.1) is 11.0 Å². The summed E-state index contributed by atoms with van der Waals surface area (Å²) in [5.41, 5.74) is 3.43. The summed E-state index contributed by atoms with van der Waals surface area (Å²) in [7, 11) is 0. The molecule has 0 aliphatic heterocycles. The summed E-state index contributed by atoms with van der Waals surface area (Å²) in [6.45, 7) is 4.07. The minimum Gasteiger partial charge on any atom is -0.353 e. The van der Waals surface area contributed by atoms with Gasteiger partial charge in [-0.3, -0.25) is 4.79 Å². The van der Waals surface area contributed by atoms with Gasteiger partial charge in [0.2, 0.25) is 5.91 Å². The predicted octanol–water partition coefficient (Wildman–Crippen LogP) is 10.1. The van der Waals surface area contributed by atoms with Crippen molar-refractivity contribution in [2.45, 2.75) is 129 Å². The van der Waals surface area contributed by atoms with E-state index in [0.717, 1.165) is 43.3 Å². The van der Waals surface area contributed by atoms with E-state index in [1.54, 1.807) is 6.08 Å². The van der Waals surface area contributed by atoms with Crippen LogP contribution in [0.25, 0.3) is 17.1 Å². The molecule has 0 aliphatic rings. The van der Waals surface area contributed by atoms with Gasteiger partial charge >= 0.3 is 0 Å². The fraction of sp³-hybridized carbons (Fsp3) is 0.568. The van der Waals surface area contributed by atoms with E-state index in [2.05, 4.69) is 41.1 Å². The molecular formula is C37H55N3O. The van der Waals surface area contributed by atoms with Gasteiger partial charge in [0, 0.05) is 25.6 Å². The maximum Gasteiger partial charge on any atom is 0.243 e. The second-order valence-electron chi connectivity index (χ2n) is 11.6. The highest BCUT2D eigenvalue weighted by atomic mass is 16.1. The summed E-state index contributed by atoms with van der Waals surface area (Å²) in [6.07, 6.45) is 27.1. The van der Waals surface area contributed by atoms with Crippen LogP contribution >= 0.6 is 0 Å². The minimum absolute atomic E-state index is 0.0242. The van der Waals surface area contributed by atoms with Crippen LogP contribution in [-0.4, -0.2) is 22.0 Å². The number of nitrogens with one attached hydrogen (secondary N) is 1. The second kappa shape index (κ2) is 20.9. The molecule has 4 heteroatoms. The molecular weight excluding hydrogens is 502 g/mol. The van der Waals surface area contributed by atoms with Crippen molar-refractivity contribution in [3.63, 3.8) is 0 Å². The number of para-hydroxylation sites is 2. The lowest BCUT2D eigenvalue weighted by molar-refractivity contribution is -0.116. The molecule has 0 aliphatic carbocycles. The third-order valence-electron chi connectivity index (χ3n) is 8.07. The third kappa shape index (κ3) is 13.6. The number of aryl methyl sites for hydroxylation is 2. The molecule has 0 saturated carbocycles. The zero-order valence-corrected chi connectivity index (χ0v) is 25.8. The molecule has 1 aromatic heterocycles. The van der Waals surface area contributed by atoms with Crippen molar-refractivity contribution < 1.29 is 4.79 Å². The van der Waals surface area contributed by atoms with Gasteiger partial charge in [-0.1, -0.05) is 139 Å². The lowest BCUT2D eigenvalue weighted by Gasteiger charge is -2.10. The summed E-state index contributed by atoms with van der Waals surface area (Å²) < 4.78 is 2.46. The molecule has 1 N–H and O–H groups in total. The van der Waals surface area contributed by atoms with E-state index in [4.69, 9.17) is 4.98 Å². The topological polar surface area (TPSA) is 46.9 Å². The van der Waals surface area contributed by atoms with Crippen LogP contribution in [-0.2, 0) is 17.8 Å². The number of aromatic nitrogens is 2. The summed E-state index contributed by atoms with van der Waals surface area (Å²) in [5.74, 6) is 1.19. The molecule has 0 saturated heterocycles. The minimum atomic E-state index is -0.0242. The average Bonchev–Trinajstić information content (AvgIpc) is 3.35. The Labute approximate surface area is 250 Å². The van der Waals surface area contributed by atoms with Gasteiger partial charge in [-0.05, 0) is 43.0 Å². The van der Waals surface area contributed by atoms with E-state index in [9.17, 15) is 4.79 Å². The van der Waals surface area contributed by atoms with Gasteiger partial charge in [-0.25, -0.2) is 4.98 Å². The van der Waals surface area contributed by atoms with Crippen molar-refractivity contribution in [3.05, 3.63) is 72.1 Å². The summed E-state index contributed by atoms with van der Waals surface area (Å²) >= 11 is 0. The Kier molecular flexibility index (Phi) is 16.6. The van der Waals surface area contributed by atoms with E-state index in [-0.39, 0.29) is 5.91 Å². The molecule has 1 heterocycles. The fourth-order valence-corrected chi connectivity index (χ4v) is 5.62. The van der Waals surface area contributed by atoms with E-state index in [1.807, 2.05) is 36.4 Å². The van der Waals surface area contributed by atoms with Gasteiger partial charge in [0.1, 0.15) is 5.82 Å². The number of imidazole rings is 1. The highest BCUT2D eigenvalue weighted by molar-refractivity contribution is 5.91. The second-order valence-corrected chi connectivity index (χ2v) is 11.6. The maximum atomic E-state index is 12.1. The normalized spacial score (nSPS) is 11.5. The summed E-state index contributed by atoms with van der Waals surface area (Å²) in [5, 5.41) is 3.01. The quantitative estimate of drug-likeness (QED) is 0.0931. The lowest BCUT2D eigenvalue weighted by atomic mass is 10.0. The molecule has 3 aromatic rings. The van der Waals surface area contributed by atoms with E-state index in [1.165, 1.54) is 101 Å². The van der Waals surface area contributed by atoms with Crippen molar-refractivity contribution >= 4 is 23.0 Å². The Hall–Kier alpha value is -2.88. The number of benzene rings is 2. The van der Waals surface area contributed by atoms with Gasteiger partial charge in [0.15, 0.2) is 0 Å². The van der Waals surface area contributed by atoms with Crippen molar-refractivity contribution in [1.29, 1.82) is 0 Å². The predicted molar refractivity (Wildman–Crippen MR) is 176 cm³/mol. The van der Waals surface area contributed by atoms with Crippen LogP contribution in [0.5, 0.6) is 0 Å². The molecule has 0 unspecified atom stereocenters. The van der Waals surface area contributed by atoms with Crippen LogP contribution in [0.2, 0.25) is 0 Å². The Morgan fingerprint density at radius 1 is 0.707 bits per heavy atom. The standard InChI is InChI=1S/C37H55N3O/c1-2-3-4-5-6-7-8-9-10-11-12-13-14-23-32-40-35-27-21-20-26-34(35)39-36(40)28-19-16-22-31-38-37(41)30-29-33-24-17-15-18-25-33/h15,17-18,20-21,24-27,29-30H,2-14,16,19,22-23,28,31-32H2,1H3,(H,38,41)/b30-29+. The van der Waals surface area contributed by atoms with Crippen LogP contribution in [0.1, 0.15) is 127 Å². The van der Waals surface area contributed by atoms with Gasteiger partial charge < -0.3 is 9.88 Å². The molecule has 4 nitrogen and oxygen atoms in total. The molecule has 41 heavy (non-hydrogen) atoms. The first-order valence-electron chi connectivity index (χ1n) is 16.7. The van der Waals surface area contributed by atoms with Gasteiger partial charge in [-0.2, -0.15) is 0 Å². The Morgan fingerprint density at radius 3 is 1.98 bits per heavy atom. The first-order chi connectivity index (χ1) is 20.3. The van der Waals surface area contributed by atoms with E-state index >= 15 is 0 Å². The Bertz CT molecular complexity index is 1120. The monoisotopic (exact) mass is 557 g/mol. The zero-order chi connectivity index (χ0) is 28.8. The molecule has 0 fully saturated rings. The Balaban J connectivity index is 1.27. The maximum absolute atomic E-state index is 12.1. The van der Waals surface area contributed by atoms with Crippen molar-refractivity contribution in [3.8, 4) is 0 Å². The number of fused-ring (bicyclic) bond motifs is 1. The SMILES string of the molecule is CCCCCCCCCCCCCCCCn1c(CCCCCNC(=O)/C=C/c2ccccc2)nc2ccccc21. The molecule has 0 radical (unpaired) electrons. The lowest BCUT2D eigenvalue weighted by Crippen LogP contribution is -2.22. The Morgan fingerprint density at radius 2 is 1.29 bits per heavy atom. The van der Waals surface area contributed by atoms with Crippen molar-refractivity contribution in [2.75, 3.05) is 6.54 Å². The highest BCUT2D eigenvalue weighted by Crippen LogP contribution is 2.20. The third-order valence-corrected chi connectivity index (χ3v) is 8.07. The molecule has 224 valence electrons. The van der Waals surface area contributed by atoms with Crippen LogP contribution < -0.4 is 5.32 Å². The number of nitrogens with zero attached hydrogens (tertiary/aromatic N) is 2. The molecule has 1 amide bonds. The van der Waals surface area contributed by atoms with Gasteiger partial charge in [-0.15, -0.1) is 0 Å². The summed E-state index contributed by atoms with van der Waals surface area (Å²) in [4.78, 5) is 17.1. The zero-order valence-electron chi connectivity index (χ0n) is 25.8. The largest absolute Gasteiger partial charge is 0.353 e. The van der Waals surface area contributed by atoms with Crippen LogP contribution in [0.3, 0.4) is 0 Å². The highest BCUT2D eigenvalue weighted by Gasteiger charge is 2.10. The average molecular weight is 558 g/mol. The number of hydrogen-bond donors (Lipinski definition) is 1. The first-order valence-corrected chi connectivity index (χ1v) is 16.7. The van der Waals surface area contributed by atoms with Gasteiger partial charge in [0.25, 0.3) is 0 Å². The molecule has 0 atom stereocenters. The molecule has 0 spiro atoms. The van der Waals surface area contributed by atoms with Crippen LogP contribution in [0.15, 0.2) is 60.7 Å². The van der Waals surface area contributed by atoms with Crippen LogP contribution in [0, 0.1) is 0 Å². The van der Waals surface area contributed by atoms with E-state index in [0.29, 0.717) is 6.54 Å². The molecule has 3 rings (SSSR count). The number of carbonyl (C=O) groups excluding carboxylic acids is 1.